The Morgan fingerprint density at radius 3 is 2.50 bits per heavy atom. The van der Waals surface area contributed by atoms with Crippen molar-refractivity contribution in [2.24, 2.45) is 0 Å². The minimum Gasteiger partial charge on any atom is -0.324 e. The number of hydrogen-bond donors (Lipinski definition) is 1. The van der Waals surface area contributed by atoms with E-state index in [0.717, 1.165) is 23.3 Å². The van der Waals surface area contributed by atoms with Crippen LogP contribution in [0.2, 0.25) is 0 Å². The highest BCUT2D eigenvalue weighted by molar-refractivity contribution is 5.77. The number of anilines is 2. The molecule has 0 spiro atoms. The summed E-state index contributed by atoms with van der Waals surface area (Å²) in [4.78, 5) is 35.0. The first-order valence-electron chi connectivity index (χ1n) is 13.6. The number of rotatable bonds is 7. The van der Waals surface area contributed by atoms with Gasteiger partial charge in [-0.05, 0) is 55.7 Å². The molecule has 0 atom stereocenters. The first-order valence-corrected chi connectivity index (χ1v) is 13.6. The van der Waals surface area contributed by atoms with Crippen molar-refractivity contribution in [2.45, 2.75) is 25.8 Å². The molecule has 1 N–H and O–H groups in total. The third kappa shape index (κ3) is 4.65. The number of nitrogens with one attached hydrogen (secondary N) is 1. The summed E-state index contributed by atoms with van der Waals surface area (Å²) >= 11 is 0. The van der Waals surface area contributed by atoms with Gasteiger partial charge in [-0.2, -0.15) is 4.98 Å². The molecule has 1 fully saturated rings. The van der Waals surface area contributed by atoms with Crippen molar-refractivity contribution in [2.75, 3.05) is 25.5 Å². The van der Waals surface area contributed by atoms with Gasteiger partial charge >= 0.3 is 0 Å². The number of piperidine rings is 1. The number of benzene rings is 2. The van der Waals surface area contributed by atoms with Gasteiger partial charge in [0.25, 0.3) is 11.1 Å². The van der Waals surface area contributed by atoms with Crippen LogP contribution in [-0.4, -0.2) is 44.0 Å². The minimum absolute atomic E-state index is 0.142. The van der Waals surface area contributed by atoms with Crippen molar-refractivity contribution >= 4 is 28.4 Å². The van der Waals surface area contributed by atoms with Crippen molar-refractivity contribution in [1.82, 2.24) is 28.4 Å². The second kappa shape index (κ2) is 10.4. The number of pyridine rings is 1. The van der Waals surface area contributed by atoms with Gasteiger partial charge in [0.2, 0.25) is 5.95 Å². The zero-order chi connectivity index (χ0) is 27.7. The van der Waals surface area contributed by atoms with Crippen LogP contribution in [0.3, 0.4) is 0 Å². The molecule has 9 nitrogen and oxygen atoms in total. The molecule has 5 aromatic rings. The van der Waals surface area contributed by atoms with Gasteiger partial charge in [0.05, 0.1) is 38.1 Å². The summed E-state index contributed by atoms with van der Waals surface area (Å²) in [5, 5.41) is 3.70. The highest BCUT2D eigenvalue weighted by Crippen LogP contribution is 2.28. The average Bonchev–Trinajstić information content (AvgIpc) is 3.24. The predicted molar refractivity (Wildman–Crippen MR) is 160 cm³/mol. The average molecular weight is 535 g/mol. The lowest BCUT2D eigenvalue weighted by molar-refractivity contribution is 0.275. The Morgan fingerprint density at radius 2 is 1.75 bits per heavy atom. The van der Waals surface area contributed by atoms with E-state index in [0.29, 0.717) is 28.4 Å². The summed E-state index contributed by atoms with van der Waals surface area (Å²) in [6, 6.07) is 20.9. The fourth-order valence-electron chi connectivity index (χ4n) is 5.56. The van der Waals surface area contributed by atoms with Crippen LogP contribution >= 0.6 is 0 Å². The second-order valence-corrected chi connectivity index (χ2v) is 10.4. The molecule has 0 aliphatic carbocycles. The van der Waals surface area contributed by atoms with Gasteiger partial charge in [0.15, 0.2) is 5.65 Å². The molecule has 3 aromatic heterocycles. The zero-order valence-corrected chi connectivity index (χ0v) is 22.5. The van der Waals surface area contributed by atoms with Crippen LogP contribution in [0.25, 0.3) is 22.4 Å². The number of likely N-dealkylation sites (tertiary alicyclic amines) is 1. The van der Waals surface area contributed by atoms with E-state index in [-0.39, 0.29) is 17.7 Å². The molecule has 6 rings (SSSR count). The van der Waals surface area contributed by atoms with Crippen LogP contribution < -0.4 is 20.9 Å². The highest BCUT2D eigenvalue weighted by Gasteiger charge is 2.27. The largest absolute Gasteiger partial charge is 0.324 e. The summed E-state index contributed by atoms with van der Waals surface area (Å²) in [6.07, 6.45) is 8.76. The Bertz CT molecular complexity index is 1810. The Hall–Kier alpha value is -4.76. The molecule has 0 unspecified atom stereocenters. The van der Waals surface area contributed by atoms with Crippen LogP contribution in [0.4, 0.5) is 17.3 Å². The summed E-state index contributed by atoms with van der Waals surface area (Å²) in [6.45, 7) is 6.43. The Labute approximate surface area is 231 Å². The molecule has 4 heterocycles. The quantitative estimate of drug-likeness (QED) is 0.240. The van der Waals surface area contributed by atoms with Gasteiger partial charge in [-0.15, -0.1) is 6.58 Å². The fourth-order valence-corrected chi connectivity index (χ4v) is 5.56. The number of quaternary nitrogens is 1. The smallest absolute Gasteiger partial charge is 0.278 e. The predicted octanol–water partition coefficient (Wildman–Crippen LogP) is 4.78. The molecule has 202 valence electrons. The van der Waals surface area contributed by atoms with Gasteiger partial charge in [0.1, 0.15) is 11.1 Å². The topological polar surface area (TPSA) is 86.7 Å². The minimum atomic E-state index is -0.216. The van der Waals surface area contributed by atoms with Gasteiger partial charge < -0.3 is 5.32 Å². The van der Waals surface area contributed by atoms with Crippen LogP contribution in [0, 0.1) is 0 Å². The van der Waals surface area contributed by atoms with E-state index in [1.54, 1.807) is 44.5 Å². The van der Waals surface area contributed by atoms with Gasteiger partial charge in [-0.1, -0.05) is 18.2 Å². The molecule has 1 aliphatic heterocycles. The van der Waals surface area contributed by atoms with Gasteiger partial charge in [-0.25, -0.2) is 14.3 Å². The van der Waals surface area contributed by atoms with E-state index in [9.17, 15) is 9.59 Å². The lowest BCUT2D eigenvalue weighted by atomic mass is 10.1. The second-order valence-electron chi connectivity index (χ2n) is 10.4. The maximum Gasteiger partial charge on any atom is 0.278 e. The van der Waals surface area contributed by atoms with E-state index in [1.807, 2.05) is 24.3 Å². The molecule has 0 saturated carbocycles. The van der Waals surface area contributed by atoms with E-state index in [2.05, 4.69) is 48.2 Å². The van der Waals surface area contributed by atoms with E-state index >= 15 is 0 Å². The Morgan fingerprint density at radius 1 is 0.975 bits per heavy atom. The highest BCUT2D eigenvalue weighted by atomic mass is 16.1. The van der Waals surface area contributed by atoms with E-state index in [1.165, 1.54) is 31.0 Å². The number of fused-ring (bicyclic) bond motifs is 1. The fraction of sp³-hybridized carbons (Fsp3) is 0.226. The summed E-state index contributed by atoms with van der Waals surface area (Å²) < 4.78 is 5.85. The molecule has 40 heavy (non-hydrogen) atoms. The van der Waals surface area contributed by atoms with Crippen molar-refractivity contribution in [3.8, 4) is 11.4 Å². The molecule has 2 aromatic carbocycles. The SMILES string of the molecule is C=CCn1c(=O)c2cnc(Nc3ccc([N+]4(C)CCCCC4)cc3)nc2n1-c1cccc(-n2ccccc2=O)c1. The molecule has 1 aliphatic rings. The first-order chi connectivity index (χ1) is 19.5. The zero-order valence-electron chi connectivity index (χ0n) is 22.5. The first kappa shape index (κ1) is 25.5. The van der Waals surface area contributed by atoms with Crippen LogP contribution in [0.5, 0.6) is 0 Å². The summed E-state index contributed by atoms with van der Waals surface area (Å²) in [5.41, 5.74) is 3.65. The number of hydrogen-bond acceptors (Lipinski definition) is 5. The van der Waals surface area contributed by atoms with Crippen molar-refractivity contribution in [3.63, 3.8) is 0 Å². The molecular formula is C31H32N7O2+. The van der Waals surface area contributed by atoms with Gasteiger partial charge in [0, 0.05) is 36.3 Å². The van der Waals surface area contributed by atoms with Crippen molar-refractivity contribution in [3.05, 3.63) is 112 Å². The molecule has 0 radical (unpaired) electrons. The molecule has 0 amide bonds. The maximum atomic E-state index is 13.3. The van der Waals surface area contributed by atoms with Gasteiger partial charge in [-0.3, -0.25) is 18.6 Å². The normalized spacial score (nSPS) is 14.7. The standard InChI is InChI=1S/C31H31N7O2/c1-3-17-36-30(40)27-22-32-31(33-23-13-15-26(16-14-23)38(2)19-7-4-8-20-38)34-29(27)37(36)25-11-9-10-24(21-25)35-18-6-5-12-28(35)39/h3,5-6,9-16,18,21-22H,1,4,7-8,17,19-20H2,2H3/p+1. The molecule has 9 heteroatoms. The number of nitrogens with zero attached hydrogens (tertiary/aromatic N) is 6. The lowest BCUT2D eigenvalue weighted by Gasteiger charge is -2.37. The van der Waals surface area contributed by atoms with Crippen LogP contribution in [0.15, 0.2) is 101 Å². The number of allylic oxidation sites excluding steroid dienone is 1. The Balaban J connectivity index is 1.39. The third-order valence-corrected chi connectivity index (χ3v) is 7.70. The van der Waals surface area contributed by atoms with Crippen LogP contribution in [-0.2, 0) is 6.54 Å². The molecule has 1 saturated heterocycles. The van der Waals surface area contributed by atoms with Crippen LogP contribution in [0.1, 0.15) is 19.3 Å². The maximum absolute atomic E-state index is 13.3. The summed E-state index contributed by atoms with van der Waals surface area (Å²) in [7, 11) is 2.30. The van der Waals surface area contributed by atoms with E-state index < -0.39 is 0 Å². The summed E-state index contributed by atoms with van der Waals surface area (Å²) in [5.74, 6) is 0.388. The lowest BCUT2D eigenvalue weighted by Crippen LogP contribution is -2.48. The third-order valence-electron chi connectivity index (χ3n) is 7.70. The Kier molecular flexibility index (Phi) is 6.65. The number of aromatic nitrogens is 5. The molecular weight excluding hydrogens is 502 g/mol. The monoisotopic (exact) mass is 534 g/mol. The van der Waals surface area contributed by atoms with Crippen molar-refractivity contribution < 1.29 is 0 Å². The van der Waals surface area contributed by atoms with E-state index in [4.69, 9.17) is 4.98 Å². The molecule has 0 bridgehead atoms. The van der Waals surface area contributed by atoms with Crippen molar-refractivity contribution in [1.29, 1.82) is 0 Å².